The molecule has 1 heteroatoms. The molecule has 1 nitrogen and oxygen atoms in total. The number of hydrogen-bond donors (Lipinski definition) is 1. The lowest BCUT2D eigenvalue weighted by molar-refractivity contribution is 0.104. The zero-order valence-corrected chi connectivity index (χ0v) is 3.89. The van der Waals surface area contributed by atoms with Crippen molar-refractivity contribution in [3.05, 3.63) is 23.8 Å². The molecule has 0 spiro atoms. The lowest BCUT2D eigenvalue weighted by Gasteiger charge is -2.39. The van der Waals surface area contributed by atoms with Gasteiger partial charge in [-0.2, -0.15) is 0 Å². The molecule has 0 aromatic carbocycles. The fourth-order valence-electron chi connectivity index (χ4n) is 0.937. The van der Waals surface area contributed by atoms with Crippen LogP contribution in [-0.4, -0.2) is 10.7 Å². The van der Waals surface area contributed by atoms with E-state index in [-0.39, 0.29) is 0 Å². The Morgan fingerprint density at radius 1 is 1.71 bits per heavy atom. The van der Waals surface area contributed by atoms with Crippen molar-refractivity contribution in [2.45, 2.75) is 12.0 Å². The van der Waals surface area contributed by atoms with Crippen molar-refractivity contribution in [2.75, 3.05) is 0 Å². The monoisotopic (exact) mass is 94.0 g/mol. The average Bonchev–Trinajstić information content (AvgIpc) is 1.67. The molecule has 2 aliphatic carbocycles. The van der Waals surface area contributed by atoms with Gasteiger partial charge in [0.1, 0.15) is 5.60 Å². The van der Waals surface area contributed by atoms with Crippen LogP contribution < -0.4 is 0 Å². The van der Waals surface area contributed by atoms with E-state index in [1.54, 1.807) is 0 Å². The van der Waals surface area contributed by atoms with Crippen molar-refractivity contribution >= 4 is 0 Å². The third-order valence-electron chi connectivity index (χ3n) is 1.67. The summed E-state index contributed by atoms with van der Waals surface area (Å²) in [5.41, 5.74) is 0.646. The lowest BCUT2D eigenvalue weighted by atomic mass is 9.72. The van der Waals surface area contributed by atoms with Crippen molar-refractivity contribution < 1.29 is 5.11 Å². The van der Waals surface area contributed by atoms with Crippen LogP contribution in [0.3, 0.4) is 0 Å². The van der Waals surface area contributed by atoms with Gasteiger partial charge in [-0.05, 0) is 11.6 Å². The summed E-state index contributed by atoms with van der Waals surface area (Å²) in [5.74, 6) is 0. The van der Waals surface area contributed by atoms with E-state index in [9.17, 15) is 0 Å². The maximum atomic E-state index is 9.11. The number of rotatable bonds is 0. The minimum absolute atomic E-state index is 0.458. The standard InChI is InChI=1S/C6H6O/c7-6-3-1-5(6)2-4-6/h1-3,7H,4H2. The first-order valence-electron chi connectivity index (χ1n) is 2.43. The molecular weight excluding hydrogens is 88.1 g/mol. The van der Waals surface area contributed by atoms with E-state index in [4.69, 9.17) is 5.11 Å². The van der Waals surface area contributed by atoms with Gasteiger partial charge in [0.15, 0.2) is 0 Å². The summed E-state index contributed by atoms with van der Waals surface area (Å²) in [6.07, 6.45) is 6.66. The van der Waals surface area contributed by atoms with Crippen LogP contribution in [0.1, 0.15) is 6.42 Å². The maximum absolute atomic E-state index is 9.11. The third kappa shape index (κ3) is 0.212. The normalized spacial score (nSPS) is 43.3. The quantitative estimate of drug-likeness (QED) is 0.466. The lowest BCUT2D eigenvalue weighted by Crippen LogP contribution is -2.39. The maximum Gasteiger partial charge on any atom is 0.111 e. The van der Waals surface area contributed by atoms with E-state index in [1.165, 1.54) is 0 Å². The Balaban J connectivity index is 2.52. The second-order valence-corrected chi connectivity index (χ2v) is 2.12. The van der Waals surface area contributed by atoms with Crippen molar-refractivity contribution in [3.63, 3.8) is 0 Å². The molecule has 0 aromatic heterocycles. The molecule has 0 fully saturated rings. The molecule has 0 saturated heterocycles. The summed E-state index contributed by atoms with van der Waals surface area (Å²) in [5, 5.41) is 9.11. The smallest absolute Gasteiger partial charge is 0.111 e. The number of hydrogen-bond acceptors (Lipinski definition) is 1. The molecule has 0 saturated carbocycles. The van der Waals surface area contributed by atoms with Gasteiger partial charge in [0.2, 0.25) is 0 Å². The minimum Gasteiger partial charge on any atom is -0.381 e. The third-order valence-corrected chi connectivity index (χ3v) is 1.67. The van der Waals surface area contributed by atoms with Crippen LogP contribution in [0.15, 0.2) is 23.8 Å². The first-order chi connectivity index (χ1) is 3.31. The zero-order chi connectivity index (χ0) is 4.91. The second kappa shape index (κ2) is 0.693. The Labute approximate surface area is 42.0 Å². The minimum atomic E-state index is -0.458. The van der Waals surface area contributed by atoms with E-state index in [2.05, 4.69) is 0 Å². The molecule has 0 aliphatic heterocycles. The summed E-state index contributed by atoms with van der Waals surface area (Å²) >= 11 is 0. The topological polar surface area (TPSA) is 20.2 Å². The molecule has 1 unspecified atom stereocenters. The highest BCUT2D eigenvalue weighted by molar-refractivity contribution is 5.52. The molecule has 2 rings (SSSR count). The van der Waals surface area contributed by atoms with Crippen molar-refractivity contribution in [1.29, 1.82) is 0 Å². The van der Waals surface area contributed by atoms with Gasteiger partial charge in [0.05, 0.1) is 0 Å². The highest BCUT2D eigenvalue weighted by Crippen LogP contribution is 2.41. The van der Waals surface area contributed by atoms with Gasteiger partial charge in [0.25, 0.3) is 0 Å². The predicted octanol–water partition coefficient (Wildman–Crippen LogP) is 0.617. The van der Waals surface area contributed by atoms with Gasteiger partial charge < -0.3 is 5.11 Å². The SMILES string of the molecule is OC12C=CC1=CC2. The average molecular weight is 94.1 g/mol. The van der Waals surface area contributed by atoms with Crippen LogP contribution in [0.2, 0.25) is 0 Å². The molecule has 0 heterocycles. The van der Waals surface area contributed by atoms with Crippen molar-refractivity contribution in [3.8, 4) is 0 Å². The van der Waals surface area contributed by atoms with Gasteiger partial charge in [0, 0.05) is 6.42 Å². The molecule has 0 aromatic rings. The van der Waals surface area contributed by atoms with Crippen LogP contribution >= 0.6 is 0 Å². The molecule has 36 valence electrons. The van der Waals surface area contributed by atoms with Crippen molar-refractivity contribution in [1.82, 2.24) is 0 Å². The van der Waals surface area contributed by atoms with Crippen LogP contribution in [0, 0.1) is 0 Å². The summed E-state index contributed by atoms with van der Waals surface area (Å²) in [6.45, 7) is 0. The van der Waals surface area contributed by atoms with E-state index >= 15 is 0 Å². The Hall–Kier alpha value is -0.560. The Morgan fingerprint density at radius 2 is 2.43 bits per heavy atom. The van der Waals surface area contributed by atoms with E-state index in [1.807, 2.05) is 18.2 Å². The van der Waals surface area contributed by atoms with Crippen LogP contribution in [0.4, 0.5) is 0 Å². The second-order valence-electron chi connectivity index (χ2n) is 2.12. The molecule has 0 bridgehead atoms. The van der Waals surface area contributed by atoms with Gasteiger partial charge in [-0.15, -0.1) is 0 Å². The van der Waals surface area contributed by atoms with Crippen LogP contribution in [0.5, 0.6) is 0 Å². The predicted molar refractivity (Wildman–Crippen MR) is 26.8 cm³/mol. The van der Waals surface area contributed by atoms with Gasteiger partial charge in [-0.3, -0.25) is 0 Å². The molecule has 7 heavy (non-hydrogen) atoms. The molecule has 1 atom stereocenters. The molecule has 0 radical (unpaired) electrons. The van der Waals surface area contributed by atoms with Gasteiger partial charge >= 0.3 is 0 Å². The summed E-state index contributed by atoms with van der Waals surface area (Å²) in [6, 6.07) is 0. The number of aliphatic hydroxyl groups is 1. The first kappa shape index (κ1) is 3.44. The summed E-state index contributed by atoms with van der Waals surface area (Å²) < 4.78 is 0. The fraction of sp³-hybridized carbons (Fsp3) is 0.333. The van der Waals surface area contributed by atoms with Crippen LogP contribution in [-0.2, 0) is 0 Å². The number of fused-ring (bicyclic) bond motifs is 1. The van der Waals surface area contributed by atoms with E-state index < -0.39 is 5.60 Å². The Bertz CT molecular complexity index is 167. The summed E-state index contributed by atoms with van der Waals surface area (Å²) in [4.78, 5) is 0. The van der Waals surface area contributed by atoms with E-state index in [0.29, 0.717) is 0 Å². The molecule has 2 aliphatic rings. The highest BCUT2D eigenvalue weighted by atomic mass is 16.3. The fourth-order valence-corrected chi connectivity index (χ4v) is 0.937. The molecule has 0 amide bonds. The summed E-state index contributed by atoms with van der Waals surface area (Å²) in [7, 11) is 0. The van der Waals surface area contributed by atoms with E-state index in [0.717, 1.165) is 12.0 Å². The largest absolute Gasteiger partial charge is 0.381 e. The van der Waals surface area contributed by atoms with Gasteiger partial charge in [-0.25, -0.2) is 0 Å². The van der Waals surface area contributed by atoms with Gasteiger partial charge in [-0.1, -0.05) is 12.2 Å². The first-order valence-corrected chi connectivity index (χ1v) is 2.43. The Kier molecular flexibility index (Phi) is 0.341. The zero-order valence-electron chi connectivity index (χ0n) is 3.89. The highest BCUT2D eigenvalue weighted by Gasteiger charge is 2.39. The van der Waals surface area contributed by atoms with Crippen molar-refractivity contribution in [2.24, 2.45) is 0 Å². The molecular formula is C6H6O. The van der Waals surface area contributed by atoms with Crippen LogP contribution in [0.25, 0.3) is 0 Å². The molecule has 1 N–H and O–H groups in total. The Morgan fingerprint density at radius 3 is 2.43 bits per heavy atom.